The lowest BCUT2D eigenvalue weighted by Crippen LogP contribution is -2.31. The number of rotatable bonds is 4. The molecule has 150 valence electrons. The number of aromatic nitrogens is 2. The zero-order valence-electron chi connectivity index (χ0n) is 15.8. The molecule has 0 radical (unpaired) electrons. The van der Waals surface area contributed by atoms with Gasteiger partial charge in [-0.1, -0.05) is 25.1 Å². The van der Waals surface area contributed by atoms with Crippen LogP contribution in [0.5, 0.6) is 5.88 Å². The van der Waals surface area contributed by atoms with Gasteiger partial charge in [0.2, 0.25) is 5.88 Å². The molecule has 1 aliphatic rings. The van der Waals surface area contributed by atoms with Gasteiger partial charge >= 0.3 is 5.69 Å². The molecule has 0 saturated heterocycles. The normalized spacial score (nSPS) is 13.0. The van der Waals surface area contributed by atoms with E-state index in [4.69, 9.17) is 0 Å². The van der Waals surface area contributed by atoms with Crippen LogP contribution in [0.3, 0.4) is 0 Å². The number of aromatic amines is 1. The molecule has 4 rings (SSSR count). The van der Waals surface area contributed by atoms with Crippen molar-refractivity contribution in [3.8, 4) is 11.6 Å². The Hall–Kier alpha value is -4.27. The van der Waals surface area contributed by atoms with E-state index in [9.17, 15) is 24.3 Å². The van der Waals surface area contributed by atoms with Gasteiger partial charge in [0.25, 0.3) is 17.4 Å². The molecular formula is C21H16N4O5. The maximum atomic E-state index is 12.4. The van der Waals surface area contributed by atoms with Gasteiger partial charge in [0.15, 0.2) is 0 Å². The minimum Gasteiger partial charge on any atom is -0.493 e. The van der Waals surface area contributed by atoms with E-state index in [0.717, 1.165) is 16.3 Å². The Labute approximate surface area is 169 Å². The fraction of sp³-hybridized carbons (Fsp3) is 0.0952. The summed E-state index contributed by atoms with van der Waals surface area (Å²) in [6.45, 7) is 1.91. The van der Waals surface area contributed by atoms with E-state index in [1.54, 1.807) is 12.1 Å². The summed E-state index contributed by atoms with van der Waals surface area (Å²) in [6, 6.07) is 11.4. The molecule has 0 unspecified atom stereocenters. The van der Waals surface area contributed by atoms with Gasteiger partial charge in [-0.15, -0.1) is 0 Å². The quantitative estimate of drug-likeness (QED) is 0.447. The predicted octanol–water partition coefficient (Wildman–Crippen LogP) is 1.43. The lowest BCUT2D eigenvalue weighted by molar-refractivity contribution is 0.0879. The number of imide groups is 1. The maximum Gasteiger partial charge on any atom is 0.335 e. The summed E-state index contributed by atoms with van der Waals surface area (Å²) in [6.07, 6.45) is 1.72. The second-order valence-electron chi connectivity index (χ2n) is 6.59. The Morgan fingerprint density at radius 1 is 1.03 bits per heavy atom. The number of aromatic hydroxyl groups is 1. The number of carbonyl (C=O) groups excluding carboxylic acids is 2. The molecule has 30 heavy (non-hydrogen) atoms. The van der Waals surface area contributed by atoms with Crippen LogP contribution >= 0.6 is 0 Å². The van der Waals surface area contributed by atoms with Crippen LogP contribution < -0.4 is 16.6 Å². The number of aryl methyl sites for hydroxylation is 1. The van der Waals surface area contributed by atoms with Crippen LogP contribution in [0.4, 0.5) is 5.69 Å². The fourth-order valence-electron chi connectivity index (χ4n) is 3.28. The highest BCUT2D eigenvalue weighted by atomic mass is 16.3. The van der Waals surface area contributed by atoms with E-state index in [1.165, 1.54) is 18.2 Å². The van der Waals surface area contributed by atoms with Gasteiger partial charge in [-0.05, 0) is 36.2 Å². The molecule has 0 fully saturated rings. The largest absolute Gasteiger partial charge is 0.493 e. The van der Waals surface area contributed by atoms with Crippen molar-refractivity contribution in [2.24, 2.45) is 4.99 Å². The first-order chi connectivity index (χ1) is 14.4. The van der Waals surface area contributed by atoms with Gasteiger partial charge in [0, 0.05) is 6.21 Å². The number of nitrogens with one attached hydrogen (secondary N) is 2. The van der Waals surface area contributed by atoms with Crippen LogP contribution in [0.25, 0.3) is 5.69 Å². The lowest BCUT2D eigenvalue weighted by atomic mass is 10.1. The third-order valence-electron chi connectivity index (χ3n) is 4.80. The number of benzene rings is 2. The molecule has 3 N–H and O–H groups in total. The van der Waals surface area contributed by atoms with Gasteiger partial charge in [0.1, 0.15) is 5.56 Å². The Kier molecular flexibility index (Phi) is 4.63. The minimum absolute atomic E-state index is 0.176. The molecule has 2 amide bonds. The van der Waals surface area contributed by atoms with E-state index in [0.29, 0.717) is 17.8 Å². The van der Waals surface area contributed by atoms with E-state index in [1.807, 2.05) is 19.1 Å². The topological polar surface area (TPSA) is 134 Å². The molecular weight excluding hydrogens is 388 g/mol. The molecule has 2 heterocycles. The van der Waals surface area contributed by atoms with Crippen molar-refractivity contribution >= 4 is 23.7 Å². The van der Waals surface area contributed by atoms with Gasteiger partial charge < -0.3 is 5.11 Å². The van der Waals surface area contributed by atoms with Crippen molar-refractivity contribution < 1.29 is 14.7 Å². The zero-order chi connectivity index (χ0) is 21.4. The molecule has 2 aromatic carbocycles. The molecule has 0 spiro atoms. The molecule has 0 atom stereocenters. The number of hydrogen-bond donors (Lipinski definition) is 3. The average Bonchev–Trinajstić information content (AvgIpc) is 3.01. The minimum atomic E-state index is -0.805. The first-order valence-electron chi connectivity index (χ1n) is 9.11. The average molecular weight is 404 g/mol. The number of H-pyrrole nitrogens is 1. The molecule has 9 nitrogen and oxygen atoms in total. The van der Waals surface area contributed by atoms with E-state index in [-0.39, 0.29) is 16.7 Å². The van der Waals surface area contributed by atoms with Crippen molar-refractivity contribution in [2.45, 2.75) is 13.3 Å². The van der Waals surface area contributed by atoms with Crippen LogP contribution in [0.15, 0.2) is 57.0 Å². The summed E-state index contributed by atoms with van der Waals surface area (Å²) < 4.78 is 1.01. The molecule has 1 aromatic heterocycles. The van der Waals surface area contributed by atoms with Crippen molar-refractivity contribution in [3.63, 3.8) is 0 Å². The fourth-order valence-corrected chi connectivity index (χ4v) is 3.28. The number of fused-ring (bicyclic) bond motifs is 1. The second kappa shape index (κ2) is 7.28. The van der Waals surface area contributed by atoms with Gasteiger partial charge in [-0.2, -0.15) is 0 Å². The van der Waals surface area contributed by atoms with Crippen molar-refractivity contribution in [1.82, 2.24) is 14.9 Å². The van der Waals surface area contributed by atoms with Crippen molar-refractivity contribution in [2.75, 3.05) is 0 Å². The highest BCUT2D eigenvalue weighted by Crippen LogP contribution is 2.23. The van der Waals surface area contributed by atoms with Gasteiger partial charge in [0.05, 0.1) is 22.5 Å². The summed E-state index contributed by atoms with van der Waals surface area (Å²) >= 11 is 0. The first kappa shape index (κ1) is 19.1. The molecule has 1 aliphatic heterocycles. The number of aliphatic imine (C=N–C) groups is 1. The predicted molar refractivity (Wildman–Crippen MR) is 109 cm³/mol. The standard InChI is InChI=1S/C21H16N4O5/c1-2-11-5-3-4-6-16(11)25-20(29)15(19(28)24-21(25)30)10-22-12-7-8-13-14(9-12)18(27)23-17(13)26/h3-10,29H,2H2,1H3,(H,23,26,27)(H,24,28,30). The molecule has 0 bridgehead atoms. The lowest BCUT2D eigenvalue weighted by Gasteiger charge is -2.13. The second-order valence-corrected chi connectivity index (χ2v) is 6.59. The highest BCUT2D eigenvalue weighted by Gasteiger charge is 2.26. The van der Waals surface area contributed by atoms with Crippen molar-refractivity contribution in [3.05, 3.63) is 85.6 Å². The molecule has 3 aromatic rings. The first-order valence-corrected chi connectivity index (χ1v) is 9.11. The van der Waals surface area contributed by atoms with Crippen LogP contribution in [0.2, 0.25) is 0 Å². The number of carbonyl (C=O) groups is 2. The number of hydrogen-bond acceptors (Lipinski definition) is 6. The SMILES string of the molecule is CCc1ccccc1-n1c(O)c(C=Nc2ccc3c(c2)C(=O)NC3=O)c(=O)[nH]c1=O. The van der Waals surface area contributed by atoms with E-state index >= 15 is 0 Å². The monoisotopic (exact) mass is 404 g/mol. The van der Waals surface area contributed by atoms with Crippen LogP contribution in [0.1, 0.15) is 38.8 Å². The summed E-state index contributed by atoms with van der Waals surface area (Å²) in [4.78, 5) is 54.4. The molecule has 0 aliphatic carbocycles. The highest BCUT2D eigenvalue weighted by molar-refractivity contribution is 6.21. The zero-order valence-corrected chi connectivity index (χ0v) is 15.8. The summed E-state index contributed by atoms with van der Waals surface area (Å²) in [5.74, 6) is -1.57. The number of amides is 2. The Morgan fingerprint density at radius 3 is 2.53 bits per heavy atom. The Balaban J connectivity index is 1.80. The number of para-hydroxylation sites is 1. The summed E-state index contributed by atoms with van der Waals surface area (Å²) in [5.41, 5.74) is 0.161. The smallest absolute Gasteiger partial charge is 0.335 e. The van der Waals surface area contributed by atoms with Gasteiger partial charge in [-0.3, -0.25) is 29.7 Å². The Morgan fingerprint density at radius 2 is 1.77 bits per heavy atom. The van der Waals surface area contributed by atoms with E-state index in [2.05, 4.69) is 15.3 Å². The summed E-state index contributed by atoms with van der Waals surface area (Å²) in [7, 11) is 0. The maximum absolute atomic E-state index is 12.4. The van der Waals surface area contributed by atoms with Gasteiger partial charge in [-0.25, -0.2) is 9.36 Å². The molecule has 0 saturated carbocycles. The number of nitrogens with zero attached hydrogens (tertiary/aromatic N) is 2. The van der Waals surface area contributed by atoms with Crippen LogP contribution in [0, 0.1) is 0 Å². The van der Waals surface area contributed by atoms with Crippen LogP contribution in [-0.4, -0.2) is 32.7 Å². The van der Waals surface area contributed by atoms with Crippen LogP contribution in [-0.2, 0) is 6.42 Å². The van der Waals surface area contributed by atoms with E-state index < -0.39 is 28.9 Å². The van der Waals surface area contributed by atoms with Crippen molar-refractivity contribution in [1.29, 1.82) is 0 Å². The Bertz CT molecular complexity index is 1350. The third-order valence-corrected chi connectivity index (χ3v) is 4.80. The molecule has 9 heteroatoms. The third kappa shape index (κ3) is 3.12. The summed E-state index contributed by atoms with van der Waals surface area (Å²) in [5, 5.41) is 12.9.